The molecule has 130 valence electrons. The van der Waals surface area contributed by atoms with E-state index in [9.17, 15) is 0 Å². The van der Waals surface area contributed by atoms with Gasteiger partial charge in [0.25, 0.3) is 0 Å². The lowest BCUT2D eigenvalue weighted by Gasteiger charge is -2.45. The third kappa shape index (κ3) is 5.53. The molecule has 0 aromatic rings. The van der Waals surface area contributed by atoms with E-state index >= 15 is 0 Å². The molecule has 2 nitrogen and oxygen atoms in total. The second-order valence-corrected chi connectivity index (χ2v) is 8.20. The normalized spacial score (nSPS) is 23.6. The van der Waals surface area contributed by atoms with Crippen molar-refractivity contribution in [3.05, 3.63) is 0 Å². The third-order valence-electron chi connectivity index (χ3n) is 6.19. The summed E-state index contributed by atoms with van der Waals surface area (Å²) in [4.78, 5) is 0. The molecule has 2 heteroatoms. The van der Waals surface area contributed by atoms with Crippen LogP contribution < -0.4 is 10.6 Å². The van der Waals surface area contributed by atoms with Crippen LogP contribution in [0.4, 0.5) is 0 Å². The van der Waals surface area contributed by atoms with Crippen molar-refractivity contribution in [2.24, 2.45) is 5.92 Å². The van der Waals surface area contributed by atoms with E-state index in [1.807, 2.05) is 0 Å². The molecule has 0 amide bonds. The second kappa shape index (κ2) is 9.27. The van der Waals surface area contributed by atoms with Gasteiger partial charge in [-0.3, -0.25) is 10.6 Å². The van der Waals surface area contributed by atoms with Gasteiger partial charge in [0.05, 0.1) is 5.66 Å². The predicted molar refractivity (Wildman–Crippen MR) is 97.1 cm³/mol. The lowest BCUT2D eigenvalue weighted by atomic mass is 9.85. The molecule has 2 aliphatic carbocycles. The van der Waals surface area contributed by atoms with Crippen LogP contribution >= 0.6 is 0 Å². The van der Waals surface area contributed by atoms with Gasteiger partial charge in [-0.05, 0) is 44.9 Å². The number of nitrogens with one attached hydrogen (secondary N) is 2. The summed E-state index contributed by atoms with van der Waals surface area (Å²) in [5, 5.41) is 8.15. The molecule has 0 aromatic heterocycles. The maximum absolute atomic E-state index is 4.08. The van der Waals surface area contributed by atoms with Crippen molar-refractivity contribution in [2.75, 3.05) is 0 Å². The van der Waals surface area contributed by atoms with Crippen LogP contribution in [0.2, 0.25) is 0 Å². The summed E-state index contributed by atoms with van der Waals surface area (Å²) < 4.78 is 0. The SMILES string of the molecule is CCCCC(C)C(C)(NC1CCCCC1)NC1CCCCC1. The van der Waals surface area contributed by atoms with E-state index in [0.717, 1.165) is 12.1 Å². The molecule has 1 atom stereocenters. The van der Waals surface area contributed by atoms with E-state index in [2.05, 4.69) is 31.4 Å². The van der Waals surface area contributed by atoms with E-state index in [1.165, 1.54) is 83.5 Å². The van der Waals surface area contributed by atoms with E-state index in [0.29, 0.717) is 5.92 Å². The number of hydrogen-bond donors (Lipinski definition) is 2. The molecule has 1 unspecified atom stereocenters. The number of unbranched alkanes of at least 4 members (excludes halogenated alkanes) is 1. The smallest absolute Gasteiger partial charge is 0.0688 e. The number of hydrogen-bond acceptors (Lipinski definition) is 2. The fraction of sp³-hybridized carbons (Fsp3) is 1.00. The van der Waals surface area contributed by atoms with Crippen LogP contribution in [0.15, 0.2) is 0 Å². The first-order chi connectivity index (χ1) is 10.6. The highest BCUT2D eigenvalue weighted by Gasteiger charge is 2.35. The summed E-state index contributed by atoms with van der Waals surface area (Å²) in [5.74, 6) is 0.705. The Morgan fingerprint density at radius 2 is 1.32 bits per heavy atom. The maximum Gasteiger partial charge on any atom is 0.0688 e. The first-order valence-electron chi connectivity index (χ1n) is 10.2. The standard InChI is InChI=1S/C20H40N2/c1-4-5-12-17(2)20(3,21-18-13-8-6-9-14-18)22-19-15-10-7-11-16-19/h17-19,21-22H,4-16H2,1-3H3. The maximum atomic E-state index is 4.08. The molecule has 2 rings (SSSR count). The predicted octanol–water partition coefficient (Wildman–Crippen LogP) is 5.37. The minimum atomic E-state index is 0.124. The van der Waals surface area contributed by atoms with Gasteiger partial charge in [0, 0.05) is 12.1 Å². The van der Waals surface area contributed by atoms with Gasteiger partial charge in [0.1, 0.15) is 0 Å². The summed E-state index contributed by atoms with van der Waals surface area (Å²) in [6.45, 7) is 7.23. The fourth-order valence-corrected chi connectivity index (χ4v) is 4.47. The first kappa shape index (κ1) is 18.3. The van der Waals surface area contributed by atoms with Crippen LogP contribution in [-0.4, -0.2) is 17.7 Å². The van der Waals surface area contributed by atoms with Crippen molar-refractivity contribution >= 4 is 0 Å². The molecule has 0 aliphatic heterocycles. The molecule has 0 saturated heterocycles. The summed E-state index contributed by atoms with van der Waals surface area (Å²) in [6, 6.07) is 1.47. The summed E-state index contributed by atoms with van der Waals surface area (Å²) in [5.41, 5.74) is 0.124. The average molecular weight is 309 g/mol. The zero-order valence-electron chi connectivity index (χ0n) is 15.4. The largest absolute Gasteiger partial charge is 0.297 e. The molecular weight excluding hydrogens is 268 g/mol. The molecule has 0 heterocycles. The molecule has 2 aliphatic rings. The highest BCUT2D eigenvalue weighted by molar-refractivity contribution is 4.93. The molecule has 0 spiro atoms. The van der Waals surface area contributed by atoms with Crippen LogP contribution in [0, 0.1) is 5.92 Å². The van der Waals surface area contributed by atoms with Gasteiger partial charge in [0.2, 0.25) is 0 Å². The third-order valence-corrected chi connectivity index (χ3v) is 6.19. The summed E-state index contributed by atoms with van der Waals surface area (Å²) >= 11 is 0. The quantitative estimate of drug-likeness (QED) is 0.589. The van der Waals surface area contributed by atoms with Gasteiger partial charge in [0.15, 0.2) is 0 Å². The lowest BCUT2D eigenvalue weighted by Crippen LogP contribution is -2.64. The summed E-state index contributed by atoms with van der Waals surface area (Å²) in [6.07, 6.45) is 18.1. The van der Waals surface area contributed by atoms with Crippen LogP contribution in [0.3, 0.4) is 0 Å². The second-order valence-electron chi connectivity index (χ2n) is 8.20. The molecule has 0 bridgehead atoms. The fourth-order valence-electron chi connectivity index (χ4n) is 4.47. The van der Waals surface area contributed by atoms with Gasteiger partial charge >= 0.3 is 0 Å². The van der Waals surface area contributed by atoms with Gasteiger partial charge < -0.3 is 0 Å². The van der Waals surface area contributed by atoms with Crippen molar-refractivity contribution in [1.29, 1.82) is 0 Å². The molecular formula is C20H40N2. The molecule has 2 N–H and O–H groups in total. The molecule has 22 heavy (non-hydrogen) atoms. The van der Waals surface area contributed by atoms with Crippen LogP contribution in [-0.2, 0) is 0 Å². The summed E-state index contributed by atoms with van der Waals surface area (Å²) in [7, 11) is 0. The molecule has 2 fully saturated rings. The minimum Gasteiger partial charge on any atom is -0.297 e. The van der Waals surface area contributed by atoms with Crippen molar-refractivity contribution in [2.45, 2.75) is 122 Å². The van der Waals surface area contributed by atoms with E-state index in [1.54, 1.807) is 0 Å². The highest BCUT2D eigenvalue weighted by atomic mass is 15.2. The van der Waals surface area contributed by atoms with Gasteiger partial charge in [-0.2, -0.15) is 0 Å². The van der Waals surface area contributed by atoms with Crippen molar-refractivity contribution in [3.63, 3.8) is 0 Å². The Hall–Kier alpha value is -0.0800. The number of rotatable bonds is 8. The van der Waals surface area contributed by atoms with Crippen molar-refractivity contribution < 1.29 is 0 Å². The average Bonchev–Trinajstić information content (AvgIpc) is 2.54. The lowest BCUT2D eigenvalue weighted by molar-refractivity contribution is 0.119. The van der Waals surface area contributed by atoms with E-state index in [-0.39, 0.29) is 5.66 Å². The Morgan fingerprint density at radius 3 is 1.73 bits per heavy atom. The Kier molecular flexibility index (Phi) is 7.70. The van der Waals surface area contributed by atoms with E-state index < -0.39 is 0 Å². The Balaban J connectivity index is 1.96. The molecule has 0 radical (unpaired) electrons. The minimum absolute atomic E-state index is 0.124. The first-order valence-corrected chi connectivity index (χ1v) is 10.2. The molecule has 0 aromatic carbocycles. The van der Waals surface area contributed by atoms with Crippen molar-refractivity contribution in [3.8, 4) is 0 Å². The highest BCUT2D eigenvalue weighted by Crippen LogP contribution is 2.28. The van der Waals surface area contributed by atoms with E-state index in [4.69, 9.17) is 0 Å². The molecule has 2 saturated carbocycles. The van der Waals surface area contributed by atoms with Gasteiger partial charge in [-0.15, -0.1) is 0 Å². The zero-order valence-corrected chi connectivity index (χ0v) is 15.4. The Bertz CT molecular complexity index is 270. The monoisotopic (exact) mass is 308 g/mol. The van der Waals surface area contributed by atoms with Gasteiger partial charge in [-0.1, -0.05) is 65.2 Å². The zero-order chi connectivity index (χ0) is 15.8. The van der Waals surface area contributed by atoms with Crippen LogP contribution in [0.5, 0.6) is 0 Å². The van der Waals surface area contributed by atoms with Crippen molar-refractivity contribution in [1.82, 2.24) is 10.6 Å². The van der Waals surface area contributed by atoms with Crippen LogP contribution in [0.25, 0.3) is 0 Å². The Labute approximate surface area is 139 Å². The van der Waals surface area contributed by atoms with Crippen LogP contribution in [0.1, 0.15) is 104 Å². The Morgan fingerprint density at radius 1 is 0.864 bits per heavy atom. The van der Waals surface area contributed by atoms with Gasteiger partial charge in [-0.25, -0.2) is 0 Å². The topological polar surface area (TPSA) is 24.1 Å².